The van der Waals surface area contributed by atoms with Crippen molar-refractivity contribution in [3.8, 4) is 5.75 Å². The summed E-state index contributed by atoms with van der Waals surface area (Å²) in [5.74, 6) is -1.19. The SMILES string of the molecule is C[C@H](OC(=O)c1ccccc1O)C(=O)NCCC1=CCCCC1. The first-order valence-electron chi connectivity index (χ1n) is 8.02. The summed E-state index contributed by atoms with van der Waals surface area (Å²) in [6.07, 6.45) is 6.88. The number of rotatable bonds is 6. The monoisotopic (exact) mass is 317 g/mol. The zero-order chi connectivity index (χ0) is 16.7. The number of ether oxygens (including phenoxy) is 1. The highest BCUT2D eigenvalue weighted by Gasteiger charge is 2.20. The second kappa shape index (κ2) is 8.36. The third kappa shape index (κ3) is 5.13. The molecule has 0 spiro atoms. The van der Waals surface area contributed by atoms with Crippen LogP contribution in [0.15, 0.2) is 35.9 Å². The second-order valence-corrected chi connectivity index (χ2v) is 5.71. The number of para-hydroxylation sites is 1. The molecule has 0 saturated carbocycles. The summed E-state index contributed by atoms with van der Waals surface area (Å²) in [5.41, 5.74) is 1.44. The van der Waals surface area contributed by atoms with Gasteiger partial charge >= 0.3 is 5.97 Å². The molecule has 2 N–H and O–H groups in total. The molecule has 1 aliphatic carbocycles. The lowest BCUT2D eigenvalue weighted by atomic mass is 9.97. The molecule has 5 heteroatoms. The van der Waals surface area contributed by atoms with Gasteiger partial charge in [0.1, 0.15) is 11.3 Å². The lowest BCUT2D eigenvalue weighted by molar-refractivity contribution is -0.129. The molecule has 1 aliphatic rings. The van der Waals surface area contributed by atoms with Gasteiger partial charge in [0.25, 0.3) is 5.91 Å². The van der Waals surface area contributed by atoms with E-state index in [1.165, 1.54) is 37.5 Å². The van der Waals surface area contributed by atoms with Crippen LogP contribution in [0.1, 0.15) is 49.4 Å². The molecule has 0 bridgehead atoms. The molecule has 5 nitrogen and oxygen atoms in total. The summed E-state index contributed by atoms with van der Waals surface area (Å²) < 4.78 is 5.10. The second-order valence-electron chi connectivity index (χ2n) is 5.71. The molecular formula is C18H23NO4. The maximum absolute atomic E-state index is 12.0. The Labute approximate surface area is 136 Å². The molecule has 0 fully saturated rings. The van der Waals surface area contributed by atoms with Gasteiger partial charge < -0.3 is 15.2 Å². The van der Waals surface area contributed by atoms with E-state index in [2.05, 4.69) is 11.4 Å². The molecule has 1 atom stereocenters. The predicted molar refractivity (Wildman–Crippen MR) is 87.2 cm³/mol. The summed E-state index contributed by atoms with van der Waals surface area (Å²) in [5, 5.41) is 12.4. The first kappa shape index (κ1) is 17.1. The van der Waals surface area contributed by atoms with Gasteiger partial charge in [-0.15, -0.1) is 0 Å². The Morgan fingerprint density at radius 3 is 2.78 bits per heavy atom. The molecule has 0 heterocycles. The van der Waals surface area contributed by atoms with E-state index >= 15 is 0 Å². The Hall–Kier alpha value is -2.30. The van der Waals surface area contributed by atoms with Crippen molar-refractivity contribution in [3.63, 3.8) is 0 Å². The van der Waals surface area contributed by atoms with Crippen molar-refractivity contribution >= 4 is 11.9 Å². The number of phenols is 1. The third-order valence-corrected chi connectivity index (χ3v) is 3.91. The fourth-order valence-electron chi connectivity index (χ4n) is 2.55. The van der Waals surface area contributed by atoms with E-state index < -0.39 is 12.1 Å². The van der Waals surface area contributed by atoms with Gasteiger partial charge in [-0.3, -0.25) is 4.79 Å². The zero-order valence-corrected chi connectivity index (χ0v) is 13.4. The number of aromatic hydroxyl groups is 1. The van der Waals surface area contributed by atoms with Crippen molar-refractivity contribution in [2.24, 2.45) is 0 Å². The molecular weight excluding hydrogens is 294 g/mol. The van der Waals surface area contributed by atoms with Crippen molar-refractivity contribution in [2.75, 3.05) is 6.54 Å². The van der Waals surface area contributed by atoms with Crippen LogP contribution in [0.5, 0.6) is 5.75 Å². The van der Waals surface area contributed by atoms with Crippen LogP contribution in [0, 0.1) is 0 Å². The fourth-order valence-corrected chi connectivity index (χ4v) is 2.55. The molecule has 124 valence electrons. The first-order chi connectivity index (χ1) is 11.1. The topological polar surface area (TPSA) is 75.6 Å². The molecule has 0 aliphatic heterocycles. The lowest BCUT2D eigenvalue weighted by Gasteiger charge is -2.16. The standard InChI is InChI=1S/C18H23NO4/c1-13(23-18(22)15-9-5-6-10-16(15)20)17(21)19-12-11-14-7-3-2-4-8-14/h5-7,9-10,13,20H,2-4,8,11-12H2,1H3,(H,19,21)/t13-/m0/s1. The van der Waals surface area contributed by atoms with Gasteiger partial charge in [0, 0.05) is 6.54 Å². The van der Waals surface area contributed by atoms with E-state index in [-0.39, 0.29) is 17.2 Å². The first-order valence-corrected chi connectivity index (χ1v) is 8.02. The van der Waals surface area contributed by atoms with Gasteiger partial charge in [-0.05, 0) is 51.2 Å². The minimum absolute atomic E-state index is 0.0551. The molecule has 23 heavy (non-hydrogen) atoms. The molecule has 0 aromatic heterocycles. The van der Waals surface area contributed by atoms with Crippen LogP contribution in [0.4, 0.5) is 0 Å². The lowest BCUT2D eigenvalue weighted by Crippen LogP contribution is -2.36. The number of carbonyl (C=O) groups excluding carboxylic acids is 2. The molecule has 1 amide bonds. The van der Waals surface area contributed by atoms with E-state index in [0.29, 0.717) is 6.54 Å². The summed E-state index contributed by atoms with van der Waals surface area (Å²) >= 11 is 0. The predicted octanol–water partition coefficient (Wildman–Crippen LogP) is 2.94. The Morgan fingerprint density at radius 2 is 2.09 bits per heavy atom. The van der Waals surface area contributed by atoms with Crippen molar-refractivity contribution in [3.05, 3.63) is 41.5 Å². The molecule has 1 aromatic rings. The van der Waals surface area contributed by atoms with Gasteiger partial charge in [0.15, 0.2) is 6.10 Å². The van der Waals surface area contributed by atoms with Gasteiger partial charge in [-0.25, -0.2) is 4.79 Å². The third-order valence-electron chi connectivity index (χ3n) is 3.91. The zero-order valence-electron chi connectivity index (χ0n) is 13.4. The Bertz CT molecular complexity index is 594. The summed E-state index contributed by atoms with van der Waals surface area (Å²) in [6, 6.07) is 6.10. The maximum atomic E-state index is 12.0. The van der Waals surface area contributed by atoms with E-state index in [1.807, 2.05) is 0 Å². The highest BCUT2D eigenvalue weighted by atomic mass is 16.5. The number of hydrogen-bond donors (Lipinski definition) is 2. The molecule has 0 saturated heterocycles. The van der Waals surface area contributed by atoms with Gasteiger partial charge in [-0.1, -0.05) is 23.8 Å². The van der Waals surface area contributed by atoms with Gasteiger partial charge in [-0.2, -0.15) is 0 Å². The largest absolute Gasteiger partial charge is 0.507 e. The number of benzene rings is 1. The van der Waals surface area contributed by atoms with E-state index in [0.717, 1.165) is 19.3 Å². The maximum Gasteiger partial charge on any atom is 0.342 e. The van der Waals surface area contributed by atoms with Crippen LogP contribution < -0.4 is 5.32 Å². The minimum atomic E-state index is -0.901. The smallest absolute Gasteiger partial charge is 0.342 e. The molecule has 2 rings (SSSR count). The summed E-state index contributed by atoms with van der Waals surface area (Å²) in [6.45, 7) is 2.07. The quantitative estimate of drug-likeness (QED) is 0.625. The number of phenolic OH excluding ortho intramolecular Hbond substituents is 1. The van der Waals surface area contributed by atoms with Crippen LogP contribution in [0.25, 0.3) is 0 Å². The van der Waals surface area contributed by atoms with E-state index in [9.17, 15) is 14.7 Å². The average Bonchev–Trinajstić information content (AvgIpc) is 2.56. The fraction of sp³-hybridized carbons (Fsp3) is 0.444. The highest BCUT2D eigenvalue weighted by molar-refractivity contribution is 5.94. The molecule has 0 radical (unpaired) electrons. The summed E-state index contributed by atoms with van der Waals surface area (Å²) in [4.78, 5) is 23.9. The number of esters is 1. The van der Waals surface area contributed by atoms with Crippen LogP contribution >= 0.6 is 0 Å². The van der Waals surface area contributed by atoms with Gasteiger partial charge in [0.05, 0.1) is 0 Å². The van der Waals surface area contributed by atoms with Crippen molar-refractivity contribution in [1.29, 1.82) is 0 Å². The van der Waals surface area contributed by atoms with Crippen molar-refractivity contribution < 1.29 is 19.4 Å². The average molecular weight is 317 g/mol. The van der Waals surface area contributed by atoms with Crippen molar-refractivity contribution in [1.82, 2.24) is 5.32 Å². The number of nitrogens with one attached hydrogen (secondary N) is 1. The van der Waals surface area contributed by atoms with E-state index in [1.54, 1.807) is 12.1 Å². The minimum Gasteiger partial charge on any atom is -0.507 e. The molecule has 1 aromatic carbocycles. The number of hydrogen-bond acceptors (Lipinski definition) is 4. The number of amides is 1. The Morgan fingerprint density at radius 1 is 1.30 bits per heavy atom. The van der Waals surface area contributed by atoms with Crippen LogP contribution in [0.3, 0.4) is 0 Å². The molecule has 0 unspecified atom stereocenters. The number of carbonyl (C=O) groups is 2. The highest BCUT2D eigenvalue weighted by Crippen LogP contribution is 2.19. The normalized spacial score (nSPS) is 15.4. The van der Waals surface area contributed by atoms with Crippen LogP contribution in [-0.4, -0.2) is 29.6 Å². The Kier molecular flexibility index (Phi) is 6.20. The number of allylic oxidation sites excluding steroid dienone is 1. The van der Waals surface area contributed by atoms with Crippen LogP contribution in [0.2, 0.25) is 0 Å². The van der Waals surface area contributed by atoms with Gasteiger partial charge in [0.2, 0.25) is 0 Å². The van der Waals surface area contributed by atoms with Crippen molar-refractivity contribution in [2.45, 2.75) is 45.1 Å². The van der Waals surface area contributed by atoms with E-state index in [4.69, 9.17) is 4.74 Å². The van der Waals surface area contributed by atoms with Crippen LogP contribution in [-0.2, 0) is 9.53 Å². The summed E-state index contributed by atoms with van der Waals surface area (Å²) in [7, 11) is 0. The Balaban J connectivity index is 1.77.